The molecule has 0 radical (unpaired) electrons. The number of carboxylic acids is 1. The molecule has 0 aliphatic rings. The summed E-state index contributed by atoms with van der Waals surface area (Å²) in [6, 6.07) is 1.60. The summed E-state index contributed by atoms with van der Waals surface area (Å²) in [7, 11) is 0. The molecule has 5 heteroatoms. The molecule has 0 aliphatic carbocycles. The van der Waals surface area contributed by atoms with Crippen LogP contribution in [0.5, 0.6) is 0 Å². The van der Waals surface area contributed by atoms with Gasteiger partial charge in [-0.3, -0.25) is 9.59 Å². The van der Waals surface area contributed by atoms with E-state index in [-0.39, 0.29) is 11.7 Å². The van der Waals surface area contributed by atoms with Crippen molar-refractivity contribution in [3.8, 4) is 0 Å². The number of ketones is 1. The molecule has 0 aromatic carbocycles. The molecule has 0 fully saturated rings. The largest absolute Gasteiger partial charge is 0.481 e. The van der Waals surface area contributed by atoms with Crippen LogP contribution in [0.15, 0.2) is 18.5 Å². The molecule has 0 amide bonds. The number of hydrogen-bond donors (Lipinski definition) is 1. The van der Waals surface area contributed by atoms with E-state index in [1.807, 2.05) is 6.92 Å². The van der Waals surface area contributed by atoms with Crippen molar-refractivity contribution < 1.29 is 14.7 Å². The molecule has 1 aromatic rings. The van der Waals surface area contributed by atoms with Gasteiger partial charge in [-0.25, -0.2) is 9.97 Å². The number of hydrogen-bond acceptors (Lipinski definition) is 4. The molecule has 0 bridgehead atoms. The fourth-order valence-electron chi connectivity index (χ4n) is 2.36. The Hall–Kier alpha value is -1.78. The first-order chi connectivity index (χ1) is 9.61. The lowest BCUT2D eigenvalue weighted by molar-refractivity contribution is -0.141. The number of carboxylic acid groups (broad SMARTS) is 1. The predicted molar refractivity (Wildman–Crippen MR) is 75.4 cm³/mol. The van der Waals surface area contributed by atoms with Gasteiger partial charge in [0.25, 0.3) is 0 Å². The third kappa shape index (κ3) is 4.40. The zero-order chi connectivity index (χ0) is 15.0. The van der Waals surface area contributed by atoms with Gasteiger partial charge in [0.1, 0.15) is 5.92 Å². The molecular weight excluding hydrogens is 256 g/mol. The minimum absolute atomic E-state index is 0.00570. The van der Waals surface area contributed by atoms with Crippen molar-refractivity contribution >= 4 is 11.8 Å². The second kappa shape index (κ2) is 8.40. The summed E-state index contributed by atoms with van der Waals surface area (Å²) < 4.78 is 0. The Morgan fingerprint density at radius 1 is 1.20 bits per heavy atom. The van der Waals surface area contributed by atoms with Crippen LogP contribution in [-0.2, 0) is 4.79 Å². The summed E-state index contributed by atoms with van der Waals surface area (Å²) in [4.78, 5) is 31.5. The summed E-state index contributed by atoms with van der Waals surface area (Å²) in [6.07, 6.45) is 7.40. The van der Waals surface area contributed by atoms with Crippen molar-refractivity contribution in [2.75, 3.05) is 0 Å². The SMILES string of the molecule is CCCCCC(CC)C(C(=O)O)C(=O)c1ncccn1. The summed E-state index contributed by atoms with van der Waals surface area (Å²) in [5.74, 6) is -2.77. The standard InChI is InChI=1S/C15H22N2O3/c1-3-5-6-8-11(4-2)12(15(19)20)13(18)14-16-9-7-10-17-14/h7,9-12H,3-6,8H2,1-2H3,(H,19,20). The Morgan fingerprint density at radius 2 is 1.85 bits per heavy atom. The second-order valence-electron chi connectivity index (χ2n) is 4.92. The number of Topliss-reactive ketones (excluding diaryl/α,β-unsaturated/α-hetero) is 1. The summed E-state index contributed by atoms with van der Waals surface area (Å²) in [6.45, 7) is 4.02. The highest BCUT2D eigenvalue weighted by atomic mass is 16.4. The molecule has 2 unspecified atom stereocenters. The van der Waals surface area contributed by atoms with Gasteiger partial charge in [0, 0.05) is 12.4 Å². The van der Waals surface area contributed by atoms with Crippen LogP contribution in [0.4, 0.5) is 0 Å². The van der Waals surface area contributed by atoms with E-state index >= 15 is 0 Å². The smallest absolute Gasteiger partial charge is 0.314 e. The number of nitrogens with zero attached hydrogens (tertiary/aromatic N) is 2. The first-order valence-electron chi connectivity index (χ1n) is 7.15. The van der Waals surface area contributed by atoms with Crippen LogP contribution in [0.1, 0.15) is 56.6 Å². The highest BCUT2D eigenvalue weighted by Gasteiger charge is 2.35. The summed E-state index contributed by atoms with van der Waals surface area (Å²) in [5.41, 5.74) is 0. The Labute approximate surface area is 119 Å². The van der Waals surface area contributed by atoms with Crippen molar-refractivity contribution in [3.05, 3.63) is 24.3 Å². The molecule has 1 rings (SSSR count). The van der Waals surface area contributed by atoms with E-state index in [0.29, 0.717) is 6.42 Å². The highest BCUT2D eigenvalue weighted by molar-refractivity contribution is 6.06. The van der Waals surface area contributed by atoms with Crippen molar-refractivity contribution in [2.24, 2.45) is 11.8 Å². The number of carbonyl (C=O) groups excluding carboxylic acids is 1. The Morgan fingerprint density at radius 3 is 2.35 bits per heavy atom. The minimum Gasteiger partial charge on any atom is -0.481 e. The molecule has 1 heterocycles. The molecule has 20 heavy (non-hydrogen) atoms. The topological polar surface area (TPSA) is 80.1 Å². The normalized spacial score (nSPS) is 13.7. The number of aliphatic carboxylic acids is 1. The van der Waals surface area contributed by atoms with Crippen LogP contribution in [0.25, 0.3) is 0 Å². The maximum atomic E-state index is 12.3. The van der Waals surface area contributed by atoms with E-state index in [0.717, 1.165) is 25.7 Å². The summed E-state index contributed by atoms with van der Waals surface area (Å²) >= 11 is 0. The second-order valence-corrected chi connectivity index (χ2v) is 4.92. The zero-order valence-corrected chi connectivity index (χ0v) is 12.1. The maximum absolute atomic E-state index is 12.3. The lowest BCUT2D eigenvalue weighted by Gasteiger charge is -2.21. The van der Waals surface area contributed by atoms with Gasteiger partial charge in [-0.15, -0.1) is 0 Å². The molecule has 1 N–H and O–H groups in total. The number of aromatic nitrogens is 2. The molecule has 5 nitrogen and oxygen atoms in total. The summed E-state index contributed by atoms with van der Waals surface area (Å²) in [5, 5.41) is 9.39. The molecule has 0 spiro atoms. The molecule has 2 atom stereocenters. The van der Waals surface area contributed by atoms with Gasteiger partial charge >= 0.3 is 5.97 Å². The van der Waals surface area contributed by atoms with Crippen molar-refractivity contribution in [2.45, 2.75) is 46.0 Å². The third-order valence-electron chi connectivity index (χ3n) is 3.51. The quantitative estimate of drug-likeness (QED) is 0.426. The lowest BCUT2D eigenvalue weighted by Crippen LogP contribution is -2.32. The Balaban J connectivity index is 2.86. The van der Waals surface area contributed by atoms with E-state index in [1.54, 1.807) is 6.07 Å². The molecule has 110 valence electrons. The van der Waals surface area contributed by atoms with Crippen LogP contribution in [0, 0.1) is 11.8 Å². The predicted octanol–water partition coefficient (Wildman–Crippen LogP) is 2.97. The molecular formula is C15H22N2O3. The monoisotopic (exact) mass is 278 g/mol. The van der Waals surface area contributed by atoms with Gasteiger partial charge in [0.2, 0.25) is 5.78 Å². The number of unbranched alkanes of at least 4 members (excludes halogenated alkanes) is 2. The highest BCUT2D eigenvalue weighted by Crippen LogP contribution is 2.25. The number of rotatable bonds is 9. The van der Waals surface area contributed by atoms with Gasteiger partial charge in [0.05, 0.1) is 0 Å². The van der Waals surface area contributed by atoms with E-state index in [4.69, 9.17) is 0 Å². The first kappa shape index (κ1) is 16.3. The van der Waals surface area contributed by atoms with Crippen LogP contribution in [0.3, 0.4) is 0 Å². The van der Waals surface area contributed by atoms with Crippen LogP contribution < -0.4 is 0 Å². The van der Waals surface area contributed by atoms with Crippen LogP contribution >= 0.6 is 0 Å². The number of carbonyl (C=O) groups is 2. The first-order valence-corrected chi connectivity index (χ1v) is 7.15. The fraction of sp³-hybridized carbons (Fsp3) is 0.600. The third-order valence-corrected chi connectivity index (χ3v) is 3.51. The molecule has 1 aromatic heterocycles. The van der Waals surface area contributed by atoms with Gasteiger partial charge in [-0.05, 0) is 18.4 Å². The lowest BCUT2D eigenvalue weighted by atomic mass is 9.82. The van der Waals surface area contributed by atoms with E-state index in [2.05, 4.69) is 16.9 Å². The molecule has 0 saturated heterocycles. The zero-order valence-electron chi connectivity index (χ0n) is 12.1. The van der Waals surface area contributed by atoms with E-state index < -0.39 is 17.7 Å². The van der Waals surface area contributed by atoms with Gasteiger partial charge in [-0.2, -0.15) is 0 Å². The molecule has 0 aliphatic heterocycles. The van der Waals surface area contributed by atoms with Crippen LogP contribution in [0.2, 0.25) is 0 Å². The van der Waals surface area contributed by atoms with Gasteiger partial charge in [0.15, 0.2) is 5.82 Å². The van der Waals surface area contributed by atoms with Crippen molar-refractivity contribution in [3.63, 3.8) is 0 Å². The maximum Gasteiger partial charge on any atom is 0.314 e. The van der Waals surface area contributed by atoms with Gasteiger partial charge < -0.3 is 5.11 Å². The van der Waals surface area contributed by atoms with Crippen molar-refractivity contribution in [1.29, 1.82) is 0 Å². The van der Waals surface area contributed by atoms with Crippen LogP contribution in [-0.4, -0.2) is 26.8 Å². The fourth-order valence-corrected chi connectivity index (χ4v) is 2.36. The Kier molecular flexibility index (Phi) is 6.84. The van der Waals surface area contributed by atoms with Gasteiger partial charge in [-0.1, -0.05) is 39.5 Å². The molecule has 0 saturated carbocycles. The van der Waals surface area contributed by atoms with E-state index in [1.165, 1.54) is 12.4 Å². The minimum atomic E-state index is -1.08. The average molecular weight is 278 g/mol. The average Bonchev–Trinajstić information content (AvgIpc) is 2.46. The Bertz CT molecular complexity index is 434. The van der Waals surface area contributed by atoms with Crippen molar-refractivity contribution in [1.82, 2.24) is 9.97 Å². The van der Waals surface area contributed by atoms with E-state index in [9.17, 15) is 14.7 Å².